The first-order chi connectivity index (χ1) is 19.3. The quantitative estimate of drug-likeness (QED) is 0.370. The Balaban J connectivity index is 1.26. The summed E-state index contributed by atoms with van der Waals surface area (Å²) in [5.74, 6) is 0.332. The van der Waals surface area contributed by atoms with Gasteiger partial charge in [0, 0.05) is 43.6 Å². The zero-order valence-corrected chi connectivity index (χ0v) is 22.8. The van der Waals surface area contributed by atoms with Crippen LogP contribution in [0.5, 0.6) is 0 Å². The van der Waals surface area contributed by atoms with Crippen molar-refractivity contribution in [1.29, 1.82) is 0 Å². The molecule has 0 spiro atoms. The van der Waals surface area contributed by atoms with E-state index in [1.165, 1.54) is 4.90 Å². The summed E-state index contributed by atoms with van der Waals surface area (Å²) < 4.78 is 7.17. The van der Waals surface area contributed by atoms with Crippen molar-refractivity contribution in [2.75, 3.05) is 26.2 Å². The molecule has 11 heteroatoms. The van der Waals surface area contributed by atoms with E-state index in [1.54, 1.807) is 17.6 Å². The topological polar surface area (TPSA) is 121 Å². The molecule has 4 aromatic rings. The van der Waals surface area contributed by atoms with Crippen LogP contribution in [-0.4, -0.2) is 68.9 Å². The Bertz CT molecular complexity index is 1640. The van der Waals surface area contributed by atoms with Gasteiger partial charge in [-0.15, -0.1) is 0 Å². The molecule has 2 amide bonds. The number of halogens is 1. The maximum Gasteiger partial charge on any atom is 0.407 e. The van der Waals surface area contributed by atoms with Crippen molar-refractivity contribution in [3.8, 4) is 0 Å². The Labute approximate surface area is 235 Å². The number of piperazine rings is 1. The van der Waals surface area contributed by atoms with E-state index in [4.69, 9.17) is 16.1 Å². The first-order valence-corrected chi connectivity index (χ1v) is 13.9. The summed E-state index contributed by atoms with van der Waals surface area (Å²) in [6.07, 6.45) is 1.09. The number of hydrogen-bond acceptors (Lipinski definition) is 6. The van der Waals surface area contributed by atoms with Crippen molar-refractivity contribution in [1.82, 2.24) is 24.8 Å². The van der Waals surface area contributed by atoms with Crippen molar-refractivity contribution in [2.45, 2.75) is 44.3 Å². The minimum Gasteiger partial charge on any atom is -0.465 e. The number of hydrogen-bond donors (Lipinski definition) is 2. The molecule has 2 aromatic carbocycles. The van der Waals surface area contributed by atoms with Crippen LogP contribution >= 0.6 is 11.6 Å². The van der Waals surface area contributed by atoms with Crippen molar-refractivity contribution < 1.29 is 19.2 Å². The summed E-state index contributed by atoms with van der Waals surface area (Å²) in [5, 5.41) is 18.3. The average molecular weight is 564 g/mol. The Morgan fingerprint density at radius 2 is 1.80 bits per heavy atom. The molecule has 40 heavy (non-hydrogen) atoms. The highest BCUT2D eigenvalue weighted by molar-refractivity contribution is 6.37. The largest absolute Gasteiger partial charge is 0.465 e. The van der Waals surface area contributed by atoms with Gasteiger partial charge >= 0.3 is 6.09 Å². The van der Waals surface area contributed by atoms with Crippen LogP contribution in [0, 0.1) is 6.92 Å². The molecule has 1 saturated heterocycles. The SMILES string of the molecule is Cc1onc2c1c(=O)n(C1CCC(NC(=O)C(c3ccccc3)N3CCN(C(=O)O)CC3)C1)c1cccc(Cl)c21. The minimum atomic E-state index is -0.944. The van der Waals surface area contributed by atoms with E-state index in [2.05, 4.69) is 10.5 Å². The van der Waals surface area contributed by atoms with Gasteiger partial charge in [0.05, 0.1) is 10.5 Å². The molecule has 3 atom stereocenters. The predicted octanol–water partition coefficient (Wildman–Crippen LogP) is 4.35. The van der Waals surface area contributed by atoms with Crippen LogP contribution in [0.15, 0.2) is 57.8 Å². The fourth-order valence-corrected chi connectivity index (χ4v) is 6.53. The first kappa shape index (κ1) is 26.3. The van der Waals surface area contributed by atoms with Crippen molar-refractivity contribution in [2.24, 2.45) is 0 Å². The lowest BCUT2D eigenvalue weighted by Gasteiger charge is -2.38. The highest BCUT2D eigenvalue weighted by Gasteiger charge is 2.35. The van der Waals surface area contributed by atoms with Gasteiger partial charge < -0.3 is 24.4 Å². The molecule has 2 aromatic heterocycles. The Kier molecular flexibility index (Phi) is 6.97. The second kappa shape index (κ2) is 10.6. The fraction of sp³-hybridized carbons (Fsp3) is 0.379. The number of carboxylic acid groups (broad SMARTS) is 1. The molecule has 2 N–H and O–H groups in total. The molecule has 208 valence electrons. The predicted molar refractivity (Wildman–Crippen MR) is 151 cm³/mol. The third kappa shape index (κ3) is 4.61. The summed E-state index contributed by atoms with van der Waals surface area (Å²) in [5.41, 5.74) is 1.87. The molecule has 0 radical (unpaired) electrons. The number of aromatic nitrogens is 2. The molecule has 1 aliphatic heterocycles. The van der Waals surface area contributed by atoms with Gasteiger partial charge in [-0.1, -0.05) is 53.2 Å². The number of carbonyl (C=O) groups excluding carboxylic acids is 1. The van der Waals surface area contributed by atoms with Crippen molar-refractivity contribution >= 4 is 45.4 Å². The van der Waals surface area contributed by atoms with Gasteiger partial charge in [0.25, 0.3) is 5.56 Å². The van der Waals surface area contributed by atoms with Gasteiger partial charge in [0.15, 0.2) is 0 Å². The van der Waals surface area contributed by atoms with Crippen LogP contribution in [-0.2, 0) is 4.79 Å². The molecule has 0 bridgehead atoms. The summed E-state index contributed by atoms with van der Waals surface area (Å²) in [6.45, 7) is 3.35. The third-order valence-corrected chi connectivity index (χ3v) is 8.53. The summed E-state index contributed by atoms with van der Waals surface area (Å²) in [6, 6.07) is 14.3. The normalized spacial score (nSPS) is 20.7. The number of aryl methyl sites for hydroxylation is 1. The molecule has 1 aliphatic carbocycles. The van der Waals surface area contributed by atoms with Crippen LogP contribution < -0.4 is 10.9 Å². The Hall–Kier alpha value is -3.89. The van der Waals surface area contributed by atoms with Gasteiger partial charge in [-0.05, 0) is 43.9 Å². The molecular formula is C29H30ClN5O5. The fourth-order valence-electron chi connectivity index (χ4n) is 6.27. The van der Waals surface area contributed by atoms with E-state index in [1.807, 2.05) is 47.4 Å². The molecule has 1 saturated carbocycles. The van der Waals surface area contributed by atoms with Gasteiger partial charge in [0.1, 0.15) is 22.7 Å². The van der Waals surface area contributed by atoms with Crippen molar-refractivity contribution in [3.63, 3.8) is 0 Å². The van der Waals surface area contributed by atoms with E-state index in [-0.39, 0.29) is 23.6 Å². The van der Waals surface area contributed by atoms with Crippen LogP contribution in [0.3, 0.4) is 0 Å². The van der Waals surface area contributed by atoms with E-state index < -0.39 is 12.1 Å². The van der Waals surface area contributed by atoms with Gasteiger partial charge in [0.2, 0.25) is 5.91 Å². The lowest BCUT2D eigenvalue weighted by molar-refractivity contribution is -0.128. The van der Waals surface area contributed by atoms with Crippen LogP contribution in [0.4, 0.5) is 4.79 Å². The van der Waals surface area contributed by atoms with Gasteiger partial charge in [-0.2, -0.15) is 0 Å². The summed E-state index contributed by atoms with van der Waals surface area (Å²) in [4.78, 5) is 42.3. The number of amides is 2. The average Bonchev–Trinajstić information content (AvgIpc) is 3.56. The third-order valence-electron chi connectivity index (χ3n) is 8.21. The number of benzene rings is 2. The molecule has 3 unspecified atom stereocenters. The number of pyridine rings is 1. The van der Waals surface area contributed by atoms with Crippen molar-refractivity contribution in [3.05, 3.63) is 75.2 Å². The van der Waals surface area contributed by atoms with Gasteiger partial charge in [-0.3, -0.25) is 14.5 Å². The van der Waals surface area contributed by atoms with E-state index in [0.717, 1.165) is 18.4 Å². The maximum atomic E-state index is 13.8. The highest BCUT2D eigenvalue weighted by atomic mass is 35.5. The van der Waals surface area contributed by atoms with E-state index in [9.17, 15) is 19.5 Å². The number of carbonyl (C=O) groups is 2. The van der Waals surface area contributed by atoms with Crippen LogP contribution in [0.1, 0.15) is 42.7 Å². The number of nitrogens with zero attached hydrogens (tertiary/aromatic N) is 4. The summed E-state index contributed by atoms with van der Waals surface area (Å²) >= 11 is 6.57. The first-order valence-electron chi connectivity index (χ1n) is 13.5. The zero-order chi connectivity index (χ0) is 28.0. The highest BCUT2D eigenvalue weighted by Crippen LogP contribution is 2.36. The Morgan fingerprint density at radius 1 is 1.05 bits per heavy atom. The monoisotopic (exact) mass is 563 g/mol. The zero-order valence-electron chi connectivity index (χ0n) is 22.0. The number of nitrogens with one attached hydrogen (secondary N) is 1. The van der Waals surface area contributed by atoms with E-state index in [0.29, 0.717) is 65.2 Å². The minimum absolute atomic E-state index is 0.119. The second-order valence-corrected chi connectivity index (χ2v) is 11.0. The molecule has 2 aliphatic rings. The molecular weight excluding hydrogens is 534 g/mol. The molecule has 3 heterocycles. The van der Waals surface area contributed by atoms with Crippen LogP contribution in [0.25, 0.3) is 21.8 Å². The van der Waals surface area contributed by atoms with Crippen LogP contribution in [0.2, 0.25) is 5.02 Å². The lowest BCUT2D eigenvalue weighted by Crippen LogP contribution is -2.52. The van der Waals surface area contributed by atoms with E-state index >= 15 is 0 Å². The Morgan fingerprint density at radius 3 is 2.52 bits per heavy atom. The number of fused-ring (bicyclic) bond motifs is 3. The lowest BCUT2D eigenvalue weighted by atomic mass is 10.0. The second-order valence-electron chi connectivity index (χ2n) is 10.6. The molecule has 2 fully saturated rings. The summed E-state index contributed by atoms with van der Waals surface area (Å²) in [7, 11) is 0. The molecule has 6 rings (SSSR count). The molecule has 10 nitrogen and oxygen atoms in total. The number of rotatable bonds is 5. The smallest absolute Gasteiger partial charge is 0.407 e. The maximum absolute atomic E-state index is 13.8. The van der Waals surface area contributed by atoms with Gasteiger partial charge in [-0.25, -0.2) is 4.79 Å². The standard InChI is InChI=1S/C29H30ClN5O5/c1-17-23-25(32-40-17)24-21(30)8-5-9-22(24)35(28(23)37)20-11-10-19(16-20)31-27(36)26(18-6-3-2-4-7-18)33-12-14-34(15-13-33)29(38)39/h2-9,19-20,26H,10-16H2,1H3,(H,31,36)(H,38,39).